The van der Waals surface area contributed by atoms with Crippen LogP contribution in [0.3, 0.4) is 0 Å². The van der Waals surface area contributed by atoms with Crippen LogP contribution in [0.25, 0.3) is 0 Å². The highest BCUT2D eigenvalue weighted by Crippen LogP contribution is 2.08. The van der Waals surface area contributed by atoms with Crippen LogP contribution in [0.2, 0.25) is 0 Å². The Morgan fingerprint density at radius 2 is 2.05 bits per heavy atom. The van der Waals surface area contributed by atoms with Gasteiger partial charge in [0.05, 0.1) is 6.21 Å². The summed E-state index contributed by atoms with van der Waals surface area (Å²) in [6.07, 6.45) is 3.33. The lowest BCUT2D eigenvalue weighted by Crippen LogP contribution is -2.41. The molecule has 0 aliphatic heterocycles. The Morgan fingerprint density at radius 1 is 1.33 bits per heavy atom. The molecule has 0 heterocycles. The number of carbonyl (C=O) groups is 2. The zero-order chi connectivity index (χ0) is 15.5. The Balaban J connectivity index is 2.21. The van der Waals surface area contributed by atoms with Crippen molar-refractivity contribution >= 4 is 34.1 Å². The van der Waals surface area contributed by atoms with Crippen molar-refractivity contribution in [2.45, 2.75) is 19.8 Å². The standard InChI is InChI=1S/C14H18BrN3O3/c1-2-3-8-16-14(20)18-13(19)10-21-17-9-11-4-6-12(15)7-5-11/h4-7,9H,2-3,8,10H2,1H3,(H2,16,18,19,20)/b17-9-. The van der Waals surface area contributed by atoms with Crippen LogP contribution in [0, 0.1) is 0 Å². The molecule has 0 aliphatic carbocycles. The zero-order valence-corrected chi connectivity index (χ0v) is 13.4. The third-order valence-electron chi connectivity index (χ3n) is 2.41. The van der Waals surface area contributed by atoms with E-state index in [4.69, 9.17) is 4.84 Å². The van der Waals surface area contributed by atoms with Gasteiger partial charge in [-0.3, -0.25) is 10.1 Å². The van der Waals surface area contributed by atoms with Gasteiger partial charge in [0.15, 0.2) is 6.61 Å². The number of carbonyl (C=O) groups excluding carboxylic acids is 2. The fraction of sp³-hybridized carbons (Fsp3) is 0.357. The van der Waals surface area contributed by atoms with E-state index in [-0.39, 0.29) is 6.61 Å². The predicted octanol–water partition coefficient (Wildman–Crippen LogP) is 2.43. The van der Waals surface area contributed by atoms with E-state index in [0.717, 1.165) is 22.9 Å². The molecule has 6 nitrogen and oxygen atoms in total. The fourth-order valence-electron chi connectivity index (χ4n) is 1.33. The van der Waals surface area contributed by atoms with Crippen LogP contribution in [-0.2, 0) is 9.63 Å². The molecular formula is C14H18BrN3O3. The molecule has 0 bridgehead atoms. The summed E-state index contributed by atoms with van der Waals surface area (Å²) < 4.78 is 0.967. The molecule has 114 valence electrons. The van der Waals surface area contributed by atoms with Crippen LogP contribution in [0.15, 0.2) is 33.9 Å². The molecule has 0 unspecified atom stereocenters. The van der Waals surface area contributed by atoms with E-state index in [1.165, 1.54) is 6.21 Å². The molecule has 1 rings (SSSR count). The summed E-state index contributed by atoms with van der Waals surface area (Å²) in [4.78, 5) is 27.5. The van der Waals surface area contributed by atoms with Crippen molar-refractivity contribution in [3.63, 3.8) is 0 Å². The second-order valence-corrected chi connectivity index (χ2v) is 5.13. The molecule has 2 N–H and O–H groups in total. The van der Waals surface area contributed by atoms with Crippen molar-refractivity contribution in [1.82, 2.24) is 10.6 Å². The lowest BCUT2D eigenvalue weighted by molar-refractivity contribution is -0.124. The monoisotopic (exact) mass is 355 g/mol. The molecule has 1 aromatic carbocycles. The van der Waals surface area contributed by atoms with Gasteiger partial charge in [-0.2, -0.15) is 0 Å². The van der Waals surface area contributed by atoms with Gasteiger partial charge in [-0.15, -0.1) is 0 Å². The zero-order valence-electron chi connectivity index (χ0n) is 11.8. The van der Waals surface area contributed by atoms with Gasteiger partial charge in [-0.05, 0) is 24.1 Å². The first-order valence-electron chi connectivity index (χ1n) is 6.60. The number of nitrogens with zero attached hydrogens (tertiary/aromatic N) is 1. The Morgan fingerprint density at radius 3 is 2.71 bits per heavy atom. The SMILES string of the molecule is CCCCNC(=O)NC(=O)CO/N=C\c1ccc(Br)cc1. The molecule has 0 radical (unpaired) electrons. The van der Waals surface area contributed by atoms with Crippen LogP contribution < -0.4 is 10.6 Å². The normalized spacial score (nSPS) is 10.4. The van der Waals surface area contributed by atoms with Crippen LogP contribution in [0.1, 0.15) is 25.3 Å². The van der Waals surface area contributed by atoms with E-state index < -0.39 is 11.9 Å². The number of imide groups is 1. The number of rotatable bonds is 7. The number of hydrogen-bond donors (Lipinski definition) is 2. The van der Waals surface area contributed by atoms with Gasteiger partial charge in [-0.1, -0.05) is 46.6 Å². The average molecular weight is 356 g/mol. The van der Waals surface area contributed by atoms with E-state index >= 15 is 0 Å². The first-order chi connectivity index (χ1) is 10.1. The van der Waals surface area contributed by atoms with Crippen molar-refractivity contribution in [3.05, 3.63) is 34.3 Å². The first kappa shape index (κ1) is 17.2. The summed E-state index contributed by atoms with van der Waals surface area (Å²) >= 11 is 3.33. The molecule has 0 spiro atoms. The topological polar surface area (TPSA) is 79.8 Å². The summed E-state index contributed by atoms with van der Waals surface area (Å²) in [6.45, 7) is 2.24. The summed E-state index contributed by atoms with van der Waals surface area (Å²) in [5.74, 6) is -0.544. The lowest BCUT2D eigenvalue weighted by atomic mass is 10.2. The minimum Gasteiger partial charge on any atom is -0.386 e. The molecule has 7 heteroatoms. The highest BCUT2D eigenvalue weighted by molar-refractivity contribution is 9.10. The molecule has 0 saturated heterocycles. The number of halogens is 1. The maximum Gasteiger partial charge on any atom is 0.321 e. The average Bonchev–Trinajstić information content (AvgIpc) is 2.46. The van der Waals surface area contributed by atoms with E-state index in [0.29, 0.717) is 6.54 Å². The molecule has 21 heavy (non-hydrogen) atoms. The molecule has 3 amide bonds. The number of urea groups is 1. The molecular weight excluding hydrogens is 338 g/mol. The Labute approximate surface area is 132 Å². The minimum absolute atomic E-state index is 0.311. The quantitative estimate of drug-likeness (QED) is 0.447. The maximum absolute atomic E-state index is 11.4. The molecule has 0 fully saturated rings. The molecule has 1 aromatic rings. The molecule has 0 atom stereocenters. The van der Waals surface area contributed by atoms with Crippen LogP contribution in [0.4, 0.5) is 4.79 Å². The summed E-state index contributed by atoms with van der Waals surface area (Å²) in [6, 6.07) is 6.91. The van der Waals surface area contributed by atoms with Crippen molar-refractivity contribution in [1.29, 1.82) is 0 Å². The minimum atomic E-state index is -0.544. The highest BCUT2D eigenvalue weighted by Gasteiger charge is 2.06. The maximum atomic E-state index is 11.4. The van der Waals surface area contributed by atoms with Crippen LogP contribution in [0.5, 0.6) is 0 Å². The number of benzene rings is 1. The lowest BCUT2D eigenvalue weighted by Gasteiger charge is -2.05. The van der Waals surface area contributed by atoms with Gasteiger partial charge in [0.2, 0.25) is 0 Å². The van der Waals surface area contributed by atoms with Gasteiger partial charge < -0.3 is 10.2 Å². The van der Waals surface area contributed by atoms with E-state index in [1.807, 2.05) is 31.2 Å². The summed E-state index contributed by atoms with van der Waals surface area (Å²) in [5, 5.41) is 8.38. The Bertz CT molecular complexity index is 489. The Kier molecular flexibility index (Phi) is 8.11. The van der Waals surface area contributed by atoms with Crippen molar-refractivity contribution in [3.8, 4) is 0 Å². The van der Waals surface area contributed by atoms with E-state index in [9.17, 15) is 9.59 Å². The fourth-order valence-corrected chi connectivity index (χ4v) is 1.59. The van der Waals surface area contributed by atoms with Crippen molar-refractivity contribution in [2.75, 3.05) is 13.2 Å². The smallest absolute Gasteiger partial charge is 0.321 e. The molecule has 0 aliphatic rings. The predicted molar refractivity (Wildman–Crippen MR) is 84.1 cm³/mol. The van der Waals surface area contributed by atoms with Crippen molar-refractivity contribution < 1.29 is 14.4 Å². The van der Waals surface area contributed by atoms with Gasteiger partial charge in [0, 0.05) is 11.0 Å². The number of amides is 3. The van der Waals surface area contributed by atoms with E-state index in [1.54, 1.807) is 0 Å². The second kappa shape index (κ2) is 9.93. The van der Waals surface area contributed by atoms with Crippen molar-refractivity contribution in [2.24, 2.45) is 5.16 Å². The third kappa shape index (κ3) is 8.09. The number of hydrogen-bond acceptors (Lipinski definition) is 4. The number of oxime groups is 1. The Hall–Kier alpha value is -1.89. The summed E-state index contributed by atoms with van der Waals surface area (Å²) in [7, 11) is 0. The number of nitrogens with one attached hydrogen (secondary N) is 2. The largest absolute Gasteiger partial charge is 0.386 e. The highest BCUT2D eigenvalue weighted by atomic mass is 79.9. The molecule has 0 saturated carbocycles. The molecule has 0 aromatic heterocycles. The number of unbranched alkanes of at least 4 members (excludes halogenated alkanes) is 1. The van der Waals surface area contributed by atoms with Crippen LogP contribution >= 0.6 is 15.9 Å². The van der Waals surface area contributed by atoms with Gasteiger partial charge in [0.25, 0.3) is 5.91 Å². The van der Waals surface area contributed by atoms with Crippen LogP contribution in [-0.4, -0.2) is 31.3 Å². The van der Waals surface area contributed by atoms with Gasteiger partial charge in [-0.25, -0.2) is 4.79 Å². The second-order valence-electron chi connectivity index (χ2n) is 4.22. The first-order valence-corrected chi connectivity index (χ1v) is 7.39. The summed E-state index contributed by atoms with van der Waals surface area (Å²) in [5.41, 5.74) is 0.843. The third-order valence-corrected chi connectivity index (χ3v) is 2.94. The van der Waals surface area contributed by atoms with Gasteiger partial charge >= 0.3 is 6.03 Å². The van der Waals surface area contributed by atoms with E-state index in [2.05, 4.69) is 31.7 Å². The van der Waals surface area contributed by atoms with Gasteiger partial charge in [0.1, 0.15) is 0 Å².